The quantitative estimate of drug-likeness (QED) is 0.296. The van der Waals surface area contributed by atoms with E-state index in [9.17, 15) is 9.59 Å². The van der Waals surface area contributed by atoms with E-state index in [4.69, 9.17) is 21.7 Å². The van der Waals surface area contributed by atoms with Crippen molar-refractivity contribution in [3.05, 3.63) is 59.0 Å². The number of hydrogen-bond acceptors (Lipinski definition) is 6. The highest BCUT2D eigenvalue weighted by molar-refractivity contribution is 8.26. The molecule has 1 heterocycles. The van der Waals surface area contributed by atoms with Crippen molar-refractivity contribution in [3.8, 4) is 11.5 Å². The SMILES string of the molecule is COc1ccc(/C=C2\SC(=S)N(CCCCCC(=O)Nc3ccccc3OC)C2=O)cc1. The number of rotatable bonds is 10. The molecule has 1 fully saturated rings. The van der Waals surface area contributed by atoms with E-state index < -0.39 is 0 Å². The Morgan fingerprint density at radius 2 is 1.81 bits per heavy atom. The molecule has 0 unspecified atom stereocenters. The number of amides is 2. The summed E-state index contributed by atoms with van der Waals surface area (Å²) in [4.78, 5) is 27.2. The Kier molecular flexibility index (Phi) is 8.70. The first kappa shape index (κ1) is 23.8. The molecule has 0 atom stereocenters. The molecule has 168 valence electrons. The largest absolute Gasteiger partial charge is 0.497 e. The van der Waals surface area contributed by atoms with Gasteiger partial charge in [0.2, 0.25) is 5.91 Å². The van der Waals surface area contributed by atoms with E-state index in [-0.39, 0.29) is 11.8 Å². The maximum atomic E-state index is 12.7. The minimum atomic E-state index is -0.0651. The molecule has 0 radical (unpaired) electrons. The fourth-order valence-corrected chi connectivity index (χ4v) is 4.55. The molecule has 0 aromatic heterocycles. The van der Waals surface area contributed by atoms with Gasteiger partial charge in [0.15, 0.2) is 0 Å². The number of thiocarbonyl (C=S) groups is 1. The van der Waals surface area contributed by atoms with Gasteiger partial charge in [0.25, 0.3) is 5.91 Å². The topological polar surface area (TPSA) is 67.9 Å². The predicted molar refractivity (Wildman–Crippen MR) is 133 cm³/mol. The molecule has 32 heavy (non-hydrogen) atoms. The third-order valence-electron chi connectivity index (χ3n) is 4.95. The zero-order valence-corrected chi connectivity index (χ0v) is 19.8. The molecule has 0 bridgehead atoms. The molecular weight excluding hydrogens is 444 g/mol. The number of carbonyl (C=O) groups excluding carboxylic acids is 2. The van der Waals surface area contributed by atoms with Crippen LogP contribution in [0.2, 0.25) is 0 Å². The van der Waals surface area contributed by atoms with Crippen LogP contribution in [-0.4, -0.2) is 41.8 Å². The van der Waals surface area contributed by atoms with Crippen molar-refractivity contribution in [2.24, 2.45) is 0 Å². The summed E-state index contributed by atoms with van der Waals surface area (Å²) in [6.07, 6.45) is 4.60. The lowest BCUT2D eigenvalue weighted by Gasteiger charge is -2.14. The second-order valence-electron chi connectivity index (χ2n) is 7.17. The van der Waals surface area contributed by atoms with Crippen LogP contribution in [0, 0.1) is 0 Å². The van der Waals surface area contributed by atoms with Gasteiger partial charge in [-0.25, -0.2) is 0 Å². The van der Waals surface area contributed by atoms with Crippen molar-refractivity contribution in [2.75, 3.05) is 26.1 Å². The Morgan fingerprint density at radius 1 is 1.06 bits per heavy atom. The van der Waals surface area contributed by atoms with Crippen molar-refractivity contribution >= 4 is 51.9 Å². The molecule has 1 saturated heterocycles. The van der Waals surface area contributed by atoms with Gasteiger partial charge < -0.3 is 14.8 Å². The number of carbonyl (C=O) groups is 2. The molecule has 1 aliphatic rings. The Hall–Kier alpha value is -2.84. The minimum Gasteiger partial charge on any atom is -0.497 e. The van der Waals surface area contributed by atoms with Crippen LogP contribution >= 0.6 is 24.0 Å². The van der Waals surface area contributed by atoms with Gasteiger partial charge in [0.05, 0.1) is 24.8 Å². The van der Waals surface area contributed by atoms with Crippen molar-refractivity contribution in [1.29, 1.82) is 0 Å². The van der Waals surface area contributed by atoms with Gasteiger partial charge >= 0.3 is 0 Å². The zero-order valence-electron chi connectivity index (χ0n) is 18.1. The highest BCUT2D eigenvalue weighted by Gasteiger charge is 2.31. The number of methoxy groups -OCH3 is 2. The number of benzene rings is 2. The molecule has 2 aromatic rings. The van der Waals surface area contributed by atoms with Gasteiger partial charge in [-0.2, -0.15) is 0 Å². The van der Waals surface area contributed by atoms with Gasteiger partial charge in [0.1, 0.15) is 15.8 Å². The molecule has 6 nitrogen and oxygen atoms in total. The van der Waals surface area contributed by atoms with Crippen LogP contribution in [0.1, 0.15) is 31.2 Å². The summed E-state index contributed by atoms with van der Waals surface area (Å²) >= 11 is 6.72. The maximum Gasteiger partial charge on any atom is 0.266 e. The highest BCUT2D eigenvalue weighted by Crippen LogP contribution is 2.33. The summed E-state index contributed by atoms with van der Waals surface area (Å²) in [5, 5.41) is 2.88. The Bertz CT molecular complexity index is 1010. The number of nitrogens with zero attached hydrogens (tertiary/aromatic N) is 1. The molecule has 1 aliphatic heterocycles. The number of ether oxygens (including phenoxy) is 2. The van der Waals surface area contributed by atoms with E-state index in [0.717, 1.165) is 30.6 Å². The fraction of sp³-hybridized carbons (Fsp3) is 0.292. The number of thioether (sulfide) groups is 1. The third-order valence-corrected chi connectivity index (χ3v) is 6.33. The normalized spacial score (nSPS) is 14.7. The standard InChI is InChI=1S/C24H26N2O4S2/c1-29-18-13-11-17(12-14-18)16-21-23(28)26(24(31)32-21)15-7-3-4-10-22(27)25-19-8-5-6-9-20(19)30-2/h5-6,8-9,11-14,16H,3-4,7,10,15H2,1-2H3,(H,25,27)/b21-16-. The van der Waals surface area contributed by atoms with Crippen molar-refractivity contribution < 1.29 is 19.1 Å². The van der Waals surface area contributed by atoms with Crippen molar-refractivity contribution in [2.45, 2.75) is 25.7 Å². The lowest BCUT2D eigenvalue weighted by Crippen LogP contribution is -2.29. The van der Waals surface area contributed by atoms with Gasteiger partial charge in [-0.1, -0.05) is 54.7 Å². The van der Waals surface area contributed by atoms with Crippen LogP contribution in [0.4, 0.5) is 5.69 Å². The zero-order chi connectivity index (χ0) is 22.9. The van der Waals surface area contributed by atoms with E-state index in [0.29, 0.717) is 33.6 Å². The number of unbranched alkanes of at least 4 members (excludes halogenated alkanes) is 2. The summed E-state index contributed by atoms with van der Waals surface area (Å²) in [5.41, 5.74) is 1.59. The Balaban J connectivity index is 1.42. The molecule has 2 amide bonds. The van der Waals surface area contributed by atoms with E-state index in [1.165, 1.54) is 11.8 Å². The van der Waals surface area contributed by atoms with Crippen LogP contribution in [0.15, 0.2) is 53.4 Å². The van der Waals surface area contributed by atoms with Crippen LogP contribution in [-0.2, 0) is 9.59 Å². The van der Waals surface area contributed by atoms with E-state index in [2.05, 4.69) is 5.32 Å². The van der Waals surface area contributed by atoms with Crippen molar-refractivity contribution in [3.63, 3.8) is 0 Å². The second-order valence-corrected chi connectivity index (χ2v) is 8.84. The van der Waals surface area contributed by atoms with Crippen LogP contribution < -0.4 is 14.8 Å². The molecule has 2 aromatic carbocycles. The number of nitrogens with one attached hydrogen (secondary N) is 1. The number of anilines is 1. The molecule has 3 rings (SSSR count). The summed E-state index contributed by atoms with van der Waals surface area (Å²) in [7, 11) is 3.19. The third kappa shape index (κ3) is 6.34. The lowest BCUT2D eigenvalue weighted by molar-refractivity contribution is -0.122. The molecule has 0 saturated carbocycles. The summed E-state index contributed by atoms with van der Waals surface area (Å²) in [6, 6.07) is 14.8. The predicted octanol–water partition coefficient (Wildman–Crippen LogP) is 5.10. The first-order valence-corrected chi connectivity index (χ1v) is 11.6. The maximum absolute atomic E-state index is 12.7. The molecule has 1 N–H and O–H groups in total. The monoisotopic (exact) mass is 470 g/mol. The number of hydrogen-bond donors (Lipinski definition) is 1. The molecule has 0 spiro atoms. The van der Waals surface area contributed by atoms with E-state index in [1.54, 1.807) is 25.2 Å². The Morgan fingerprint density at radius 3 is 2.53 bits per heavy atom. The second kappa shape index (κ2) is 11.7. The fourth-order valence-electron chi connectivity index (χ4n) is 3.24. The van der Waals surface area contributed by atoms with Gasteiger partial charge in [0, 0.05) is 13.0 Å². The highest BCUT2D eigenvalue weighted by atomic mass is 32.2. The van der Waals surface area contributed by atoms with Gasteiger partial charge in [-0.05, 0) is 48.7 Å². The number of para-hydroxylation sites is 2. The van der Waals surface area contributed by atoms with Gasteiger partial charge in [-0.15, -0.1) is 0 Å². The first-order chi connectivity index (χ1) is 15.5. The smallest absolute Gasteiger partial charge is 0.266 e. The molecular formula is C24H26N2O4S2. The Labute approximate surface area is 198 Å². The van der Waals surface area contributed by atoms with E-state index >= 15 is 0 Å². The summed E-state index contributed by atoms with van der Waals surface area (Å²) in [5.74, 6) is 1.29. The van der Waals surface area contributed by atoms with E-state index in [1.807, 2.05) is 48.5 Å². The van der Waals surface area contributed by atoms with Gasteiger partial charge in [-0.3, -0.25) is 14.5 Å². The summed E-state index contributed by atoms with van der Waals surface area (Å²) in [6.45, 7) is 0.554. The average molecular weight is 471 g/mol. The van der Waals surface area contributed by atoms with Crippen LogP contribution in [0.5, 0.6) is 11.5 Å². The minimum absolute atomic E-state index is 0.0532. The average Bonchev–Trinajstić information content (AvgIpc) is 3.07. The molecule has 0 aliphatic carbocycles. The van der Waals surface area contributed by atoms with Crippen LogP contribution in [0.25, 0.3) is 6.08 Å². The lowest BCUT2D eigenvalue weighted by atomic mass is 10.1. The van der Waals surface area contributed by atoms with Crippen molar-refractivity contribution in [1.82, 2.24) is 4.90 Å². The first-order valence-electron chi connectivity index (χ1n) is 10.3. The molecule has 8 heteroatoms. The van der Waals surface area contributed by atoms with Crippen LogP contribution in [0.3, 0.4) is 0 Å². The summed E-state index contributed by atoms with van der Waals surface area (Å²) < 4.78 is 11.0.